The van der Waals surface area contributed by atoms with Crippen LogP contribution < -0.4 is 9.64 Å². The maximum Gasteiger partial charge on any atom is 0.410 e. The van der Waals surface area contributed by atoms with Crippen LogP contribution in [0.4, 0.5) is 16.4 Å². The standard InChI is InChI=1S/C19H26N6O3/c1-13(2)27-19(26)23-8-5-15(6-9-23)28-18-14(3)17(20-12-21-18)24-10-11-25-16(24)4-7-22-25/h4,7,12-13,15H,5-6,8-11H2,1-3H3. The summed E-state index contributed by atoms with van der Waals surface area (Å²) in [6.07, 6.45) is 4.52. The molecular weight excluding hydrogens is 360 g/mol. The lowest BCUT2D eigenvalue weighted by Gasteiger charge is -2.32. The number of aromatic nitrogens is 4. The topological polar surface area (TPSA) is 85.6 Å². The van der Waals surface area contributed by atoms with Gasteiger partial charge < -0.3 is 19.3 Å². The molecule has 0 saturated carbocycles. The number of carbonyl (C=O) groups is 1. The minimum atomic E-state index is -0.250. The highest BCUT2D eigenvalue weighted by Gasteiger charge is 2.28. The SMILES string of the molecule is Cc1c(OC2CCN(C(=O)OC(C)C)CC2)ncnc1N1CCn2nccc21. The lowest BCUT2D eigenvalue weighted by Crippen LogP contribution is -2.42. The minimum absolute atomic E-state index is 0.0219. The second-order valence-electron chi connectivity index (χ2n) is 7.43. The van der Waals surface area contributed by atoms with E-state index in [-0.39, 0.29) is 18.3 Å². The first-order chi connectivity index (χ1) is 13.5. The van der Waals surface area contributed by atoms with E-state index in [0.717, 1.165) is 43.1 Å². The molecular formula is C19H26N6O3. The Labute approximate surface area is 164 Å². The second-order valence-corrected chi connectivity index (χ2v) is 7.43. The van der Waals surface area contributed by atoms with E-state index in [1.54, 1.807) is 17.4 Å². The van der Waals surface area contributed by atoms with E-state index in [1.807, 2.05) is 31.5 Å². The summed E-state index contributed by atoms with van der Waals surface area (Å²) < 4.78 is 13.4. The van der Waals surface area contributed by atoms with Gasteiger partial charge in [-0.25, -0.2) is 19.4 Å². The molecule has 9 nitrogen and oxygen atoms in total. The van der Waals surface area contributed by atoms with Crippen molar-refractivity contribution in [3.8, 4) is 5.88 Å². The highest BCUT2D eigenvalue weighted by atomic mass is 16.6. The smallest absolute Gasteiger partial charge is 0.410 e. The van der Waals surface area contributed by atoms with Crippen LogP contribution in [0.5, 0.6) is 5.88 Å². The average molecular weight is 386 g/mol. The molecule has 0 N–H and O–H groups in total. The minimum Gasteiger partial charge on any atom is -0.474 e. The quantitative estimate of drug-likeness (QED) is 0.798. The predicted octanol–water partition coefficient (Wildman–Crippen LogP) is 2.52. The van der Waals surface area contributed by atoms with Crippen molar-refractivity contribution >= 4 is 17.7 Å². The number of rotatable bonds is 4. The molecule has 0 spiro atoms. The molecule has 28 heavy (non-hydrogen) atoms. The number of ether oxygens (including phenoxy) is 2. The Morgan fingerprint density at radius 1 is 1.18 bits per heavy atom. The molecule has 2 aliphatic rings. The van der Waals surface area contributed by atoms with Gasteiger partial charge in [0.2, 0.25) is 5.88 Å². The summed E-state index contributed by atoms with van der Waals surface area (Å²) in [5, 5.41) is 4.32. The Morgan fingerprint density at radius 3 is 2.71 bits per heavy atom. The Hall–Kier alpha value is -2.84. The van der Waals surface area contributed by atoms with Crippen LogP contribution in [0, 0.1) is 6.92 Å². The fraction of sp³-hybridized carbons (Fsp3) is 0.579. The molecule has 0 aromatic carbocycles. The molecule has 9 heteroatoms. The van der Waals surface area contributed by atoms with Crippen molar-refractivity contribution in [2.24, 2.45) is 0 Å². The van der Waals surface area contributed by atoms with Crippen molar-refractivity contribution in [2.45, 2.75) is 52.4 Å². The van der Waals surface area contributed by atoms with Gasteiger partial charge in [-0.3, -0.25) is 0 Å². The molecule has 1 saturated heterocycles. The van der Waals surface area contributed by atoms with Crippen LogP contribution in [0.15, 0.2) is 18.6 Å². The van der Waals surface area contributed by atoms with Gasteiger partial charge >= 0.3 is 6.09 Å². The van der Waals surface area contributed by atoms with E-state index in [9.17, 15) is 4.79 Å². The van der Waals surface area contributed by atoms with Gasteiger partial charge in [0.15, 0.2) is 0 Å². The predicted molar refractivity (Wildman–Crippen MR) is 103 cm³/mol. The van der Waals surface area contributed by atoms with Gasteiger partial charge in [-0.1, -0.05) is 0 Å². The van der Waals surface area contributed by atoms with Gasteiger partial charge in [0.05, 0.1) is 24.4 Å². The number of carbonyl (C=O) groups excluding carboxylic acids is 1. The first-order valence-electron chi connectivity index (χ1n) is 9.76. The molecule has 0 aliphatic carbocycles. The Bertz CT molecular complexity index is 844. The molecule has 2 aliphatic heterocycles. The molecule has 2 aromatic heterocycles. The maximum atomic E-state index is 12.0. The third kappa shape index (κ3) is 3.61. The summed E-state index contributed by atoms with van der Waals surface area (Å²) in [4.78, 5) is 24.7. The van der Waals surface area contributed by atoms with Crippen LogP contribution in [0.3, 0.4) is 0 Å². The van der Waals surface area contributed by atoms with Crippen LogP contribution >= 0.6 is 0 Å². The highest BCUT2D eigenvalue weighted by molar-refractivity contribution is 5.68. The van der Waals surface area contributed by atoms with Gasteiger partial charge in [-0.2, -0.15) is 5.10 Å². The molecule has 0 atom stereocenters. The number of hydrogen-bond acceptors (Lipinski definition) is 7. The van der Waals surface area contributed by atoms with Crippen molar-refractivity contribution < 1.29 is 14.3 Å². The van der Waals surface area contributed by atoms with Crippen molar-refractivity contribution in [1.82, 2.24) is 24.6 Å². The summed E-state index contributed by atoms with van der Waals surface area (Å²) in [7, 11) is 0. The van der Waals surface area contributed by atoms with Crippen molar-refractivity contribution in [3.63, 3.8) is 0 Å². The summed E-state index contributed by atoms with van der Waals surface area (Å²) in [5.74, 6) is 2.48. The summed E-state index contributed by atoms with van der Waals surface area (Å²) in [5.41, 5.74) is 0.916. The Morgan fingerprint density at radius 2 is 1.96 bits per heavy atom. The summed E-state index contributed by atoms with van der Waals surface area (Å²) in [6.45, 7) is 8.62. The first-order valence-corrected chi connectivity index (χ1v) is 9.76. The Kier molecular flexibility index (Phi) is 5.06. The van der Waals surface area contributed by atoms with Gasteiger partial charge in [-0.05, 0) is 20.8 Å². The molecule has 1 fully saturated rings. The maximum absolute atomic E-state index is 12.0. The van der Waals surface area contributed by atoms with Gasteiger partial charge in [0.1, 0.15) is 24.1 Å². The lowest BCUT2D eigenvalue weighted by molar-refractivity contribution is 0.0505. The average Bonchev–Trinajstić information content (AvgIpc) is 3.27. The van der Waals surface area contributed by atoms with Crippen LogP contribution in [0.2, 0.25) is 0 Å². The number of amides is 1. The fourth-order valence-electron chi connectivity index (χ4n) is 3.66. The molecule has 2 aromatic rings. The normalized spacial score (nSPS) is 17.1. The van der Waals surface area contributed by atoms with E-state index in [2.05, 4.69) is 20.0 Å². The number of likely N-dealkylation sites (tertiary alicyclic amines) is 1. The number of piperidine rings is 1. The molecule has 4 rings (SSSR count). The van der Waals surface area contributed by atoms with Crippen molar-refractivity contribution in [1.29, 1.82) is 0 Å². The monoisotopic (exact) mass is 386 g/mol. The third-order valence-corrected chi connectivity index (χ3v) is 5.09. The Balaban J connectivity index is 1.41. The fourth-order valence-corrected chi connectivity index (χ4v) is 3.66. The molecule has 0 unspecified atom stereocenters. The van der Waals surface area contributed by atoms with Crippen LogP contribution in [0.1, 0.15) is 32.3 Å². The summed E-state index contributed by atoms with van der Waals surface area (Å²) in [6, 6.07) is 1.99. The third-order valence-electron chi connectivity index (χ3n) is 5.09. The largest absolute Gasteiger partial charge is 0.474 e. The number of hydrogen-bond donors (Lipinski definition) is 0. The zero-order valence-corrected chi connectivity index (χ0v) is 16.5. The van der Waals surface area contributed by atoms with Crippen LogP contribution in [-0.2, 0) is 11.3 Å². The number of nitrogens with zero attached hydrogens (tertiary/aromatic N) is 6. The number of anilines is 2. The molecule has 1 amide bonds. The van der Waals surface area contributed by atoms with Gasteiger partial charge in [0.25, 0.3) is 0 Å². The zero-order chi connectivity index (χ0) is 19.7. The summed E-state index contributed by atoms with van der Waals surface area (Å²) >= 11 is 0. The van der Waals surface area contributed by atoms with Crippen molar-refractivity contribution in [2.75, 3.05) is 24.5 Å². The molecule has 150 valence electrons. The van der Waals surface area contributed by atoms with E-state index in [0.29, 0.717) is 19.0 Å². The van der Waals surface area contributed by atoms with E-state index < -0.39 is 0 Å². The molecule has 4 heterocycles. The first kappa shape index (κ1) is 18.5. The van der Waals surface area contributed by atoms with E-state index in [4.69, 9.17) is 9.47 Å². The van der Waals surface area contributed by atoms with E-state index in [1.165, 1.54) is 0 Å². The molecule has 0 radical (unpaired) electrons. The molecule has 0 bridgehead atoms. The highest BCUT2D eigenvalue weighted by Crippen LogP contribution is 2.33. The number of fused-ring (bicyclic) bond motifs is 1. The van der Waals surface area contributed by atoms with E-state index >= 15 is 0 Å². The second kappa shape index (κ2) is 7.65. The van der Waals surface area contributed by atoms with Crippen LogP contribution in [-0.4, -0.2) is 62.6 Å². The van der Waals surface area contributed by atoms with Gasteiger partial charge in [-0.15, -0.1) is 0 Å². The van der Waals surface area contributed by atoms with Gasteiger partial charge in [0, 0.05) is 38.5 Å². The van der Waals surface area contributed by atoms with Crippen LogP contribution in [0.25, 0.3) is 0 Å². The zero-order valence-electron chi connectivity index (χ0n) is 16.5. The lowest BCUT2D eigenvalue weighted by atomic mass is 10.1. The van der Waals surface area contributed by atoms with Crippen molar-refractivity contribution in [3.05, 3.63) is 24.2 Å².